The number of primary amides is 1. The highest BCUT2D eigenvalue weighted by Gasteiger charge is 2.30. The van der Waals surface area contributed by atoms with Crippen molar-refractivity contribution in [3.05, 3.63) is 0 Å². The summed E-state index contributed by atoms with van der Waals surface area (Å²) in [5, 5.41) is 27.6. The van der Waals surface area contributed by atoms with Gasteiger partial charge in [0.1, 0.15) is 24.2 Å². The van der Waals surface area contributed by atoms with Crippen molar-refractivity contribution in [2.45, 2.75) is 88.5 Å². The Kier molecular flexibility index (Phi) is 18.0. The van der Waals surface area contributed by atoms with E-state index in [-0.39, 0.29) is 19.3 Å². The fourth-order valence-electron chi connectivity index (χ4n) is 3.37. The molecule has 16 nitrogen and oxygen atoms in total. The minimum Gasteiger partial charge on any atom is -0.480 e. The fourth-order valence-corrected chi connectivity index (χ4v) is 3.37. The number of aliphatic carboxylic acids is 1. The van der Waals surface area contributed by atoms with E-state index in [9.17, 15) is 28.8 Å². The molecule has 0 bridgehead atoms. The molecule has 0 aliphatic rings. The molecule has 0 aromatic rings. The van der Waals surface area contributed by atoms with Gasteiger partial charge < -0.3 is 54.4 Å². The number of hydrogen-bond acceptors (Lipinski definition) is 10. The number of carboxylic acid groups (broad SMARTS) is 1. The molecule has 0 aliphatic carbocycles. The van der Waals surface area contributed by atoms with Gasteiger partial charge in [0.25, 0.3) is 0 Å². The Morgan fingerprint density at radius 1 is 0.692 bits per heavy atom. The first-order valence-corrected chi connectivity index (χ1v) is 12.9. The van der Waals surface area contributed by atoms with Crippen molar-refractivity contribution < 1.29 is 39.0 Å². The maximum atomic E-state index is 13.1. The van der Waals surface area contributed by atoms with Crippen molar-refractivity contribution in [2.75, 3.05) is 19.7 Å². The van der Waals surface area contributed by atoms with Gasteiger partial charge in [-0.2, -0.15) is 0 Å². The van der Waals surface area contributed by atoms with Gasteiger partial charge in [0.2, 0.25) is 29.5 Å². The third-order valence-corrected chi connectivity index (χ3v) is 5.75. The van der Waals surface area contributed by atoms with Gasteiger partial charge in [0.15, 0.2) is 0 Å². The zero-order valence-electron chi connectivity index (χ0n) is 22.3. The molecule has 14 N–H and O–H groups in total. The summed E-state index contributed by atoms with van der Waals surface area (Å²) in [6, 6.07) is -6.07. The Morgan fingerprint density at radius 2 is 1.18 bits per heavy atom. The molecular weight excluding hydrogens is 516 g/mol. The number of carbonyl (C=O) groups excluding carboxylic acids is 5. The van der Waals surface area contributed by atoms with E-state index < -0.39 is 72.3 Å². The zero-order valence-corrected chi connectivity index (χ0v) is 22.3. The zero-order chi connectivity index (χ0) is 30.0. The van der Waals surface area contributed by atoms with Crippen LogP contribution < -0.4 is 44.2 Å². The standard InChI is InChI=1S/C23H44N8O8/c1-13(19(34)31-17(12-32)23(38)39)28-21(36)15(7-3-5-11-25)30-22(37)16(8-9-18(27)33)29-20(35)14(26)6-2-4-10-24/h13-17,32H,2-12,24-26H2,1H3,(H2,27,33)(H,28,36)(H,29,35)(H,30,37)(H,31,34)(H,38,39)/t13-,14-,15-,16-,17-/m0/s1. The summed E-state index contributed by atoms with van der Waals surface area (Å²) in [5.74, 6) is -5.17. The SMILES string of the molecule is C[C@H](NC(=O)[C@H](CCCCN)NC(=O)[C@H](CCC(N)=O)NC(=O)[C@@H](N)CCCCN)C(=O)N[C@@H](CO)C(=O)O. The van der Waals surface area contributed by atoms with Gasteiger partial charge >= 0.3 is 5.97 Å². The molecule has 0 aromatic heterocycles. The van der Waals surface area contributed by atoms with Crippen LogP contribution in [0.3, 0.4) is 0 Å². The van der Waals surface area contributed by atoms with Gasteiger partial charge in [-0.25, -0.2) is 4.79 Å². The van der Waals surface area contributed by atoms with E-state index >= 15 is 0 Å². The van der Waals surface area contributed by atoms with Crippen LogP contribution in [0.5, 0.6) is 0 Å². The van der Waals surface area contributed by atoms with Crippen LogP contribution in [-0.4, -0.2) is 95.6 Å². The molecule has 0 unspecified atom stereocenters. The first-order chi connectivity index (χ1) is 18.4. The predicted molar refractivity (Wildman–Crippen MR) is 140 cm³/mol. The van der Waals surface area contributed by atoms with Crippen LogP contribution in [0.1, 0.15) is 58.3 Å². The van der Waals surface area contributed by atoms with Crippen molar-refractivity contribution >= 4 is 35.5 Å². The monoisotopic (exact) mass is 560 g/mol. The second-order valence-corrected chi connectivity index (χ2v) is 9.12. The van der Waals surface area contributed by atoms with Crippen LogP contribution >= 0.6 is 0 Å². The molecule has 5 amide bonds. The number of carboxylic acids is 1. The van der Waals surface area contributed by atoms with Gasteiger partial charge in [-0.1, -0.05) is 6.42 Å². The first kappa shape index (κ1) is 35.7. The topological polar surface area (TPSA) is 295 Å². The van der Waals surface area contributed by atoms with Gasteiger partial charge in [0, 0.05) is 6.42 Å². The van der Waals surface area contributed by atoms with Crippen LogP contribution in [-0.2, 0) is 28.8 Å². The number of amides is 5. The second kappa shape index (κ2) is 19.7. The number of nitrogens with two attached hydrogens (primary N) is 4. The van der Waals surface area contributed by atoms with Crippen LogP contribution in [0.4, 0.5) is 0 Å². The van der Waals surface area contributed by atoms with E-state index in [4.69, 9.17) is 33.1 Å². The Bertz CT molecular complexity index is 828. The van der Waals surface area contributed by atoms with E-state index in [0.29, 0.717) is 45.2 Å². The summed E-state index contributed by atoms with van der Waals surface area (Å²) >= 11 is 0. The predicted octanol–water partition coefficient (Wildman–Crippen LogP) is -4.13. The molecule has 0 radical (unpaired) electrons. The lowest BCUT2D eigenvalue weighted by molar-refractivity contribution is -0.143. The Hall–Kier alpha value is -3.34. The quantitative estimate of drug-likeness (QED) is 0.0601. The summed E-state index contributed by atoms with van der Waals surface area (Å²) in [7, 11) is 0. The number of nitrogens with one attached hydrogen (secondary N) is 4. The normalized spacial score (nSPS) is 14.7. The van der Waals surface area contributed by atoms with Crippen molar-refractivity contribution in [3.8, 4) is 0 Å². The van der Waals surface area contributed by atoms with Crippen LogP contribution in [0.25, 0.3) is 0 Å². The summed E-state index contributed by atoms with van der Waals surface area (Å²) < 4.78 is 0. The highest BCUT2D eigenvalue weighted by atomic mass is 16.4. The molecule has 16 heteroatoms. The third kappa shape index (κ3) is 15.0. The fraction of sp³-hybridized carbons (Fsp3) is 0.739. The van der Waals surface area contributed by atoms with E-state index in [2.05, 4.69) is 21.3 Å². The van der Waals surface area contributed by atoms with Crippen LogP contribution in [0, 0.1) is 0 Å². The van der Waals surface area contributed by atoms with Crippen LogP contribution in [0.15, 0.2) is 0 Å². The number of unbranched alkanes of at least 4 members (excludes halogenated alkanes) is 2. The average Bonchev–Trinajstić information content (AvgIpc) is 2.88. The molecular formula is C23H44N8O8. The van der Waals surface area contributed by atoms with Gasteiger partial charge in [-0.15, -0.1) is 0 Å². The van der Waals surface area contributed by atoms with E-state index in [1.807, 2.05) is 0 Å². The summed E-state index contributed by atoms with van der Waals surface area (Å²) in [5.41, 5.74) is 22.1. The maximum absolute atomic E-state index is 13.1. The van der Waals surface area contributed by atoms with Crippen molar-refractivity contribution in [2.24, 2.45) is 22.9 Å². The number of aliphatic hydroxyl groups is 1. The van der Waals surface area contributed by atoms with E-state index in [0.717, 1.165) is 0 Å². The molecule has 0 heterocycles. The smallest absolute Gasteiger partial charge is 0.328 e. The minimum absolute atomic E-state index is 0.132. The molecule has 39 heavy (non-hydrogen) atoms. The third-order valence-electron chi connectivity index (χ3n) is 5.75. The summed E-state index contributed by atoms with van der Waals surface area (Å²) in [4.78, 5) is 73.2. The second-order valence-electron chi connectivity index (χ2n) is 9.12. The van der Waals surface area contributed by atoms with Crippen LogP contribution in [0.2, 0.25) is 0 Å². The van der Waals surface area contributed by atoms with Gasteiger partial charge in [0.05, 0.1) is 12.6 Å². The lowest BCUT2D eigenvalue weighted by atomic mass is 10.0. The first-order valence-electron chi connectivity index (χ1n) is 12.9. The highest BCUT2D eigenvalue weighted by molar-refractivity contribution is 5.95. The van der Waals surface area contributed by atoms with E-state index in [1.54, 1.807) is 0 Å². The number of aliphatic hydroxyl groups excluding tert-OH is 1. The molecule has 0 rings (SSSR count). The average molecular weight is 561 g/mol. The number of rotatable bonds is 21. The largest absolute Gasteiger partial charge is 0.480 e. The number of hydrogen-bond donors (Lipinski definition) is 10. The highest BCUT2D eigenvalue weighted by Crippen LogP contribution is 2.06. The molecule has 0 aromatic carbocycles. The lowest BCUT2D eigenvalue weighted by Crippen LogP contribution is -2.58. The molecule has 0 saturated heterocycles. The van der Waals surface area contributed by atoms with Crippen molar-refractivity contribution in [1.29, 1.82) is 0 Å². The summed E-state index contributed by atoms with van der Waals surface area (Å²) in [6.07, 6.45) is 2.33. The molecule has 0 fully saturated rings. The van der Waals surface area contributed by atoms with Crippen molar-refractivity contribution in [1.82, 2.24) is 21.3 Å². The van der Waals surface area contributed by atoms with Crippen molar-refractivity contribution in [3.63, 3.8) is 0 Å². The van der Waals surface area contributed by atoms with Gasteiger partial charge in [-0.05, 0) is 58.5 Å². The Labute approximate surface area is 227 Å². The molecule has 0 spiro atoms. The van der Waals surface area contributed by atoms with Gasteiger partial charge in [-0.3, -0.25) is 24.0 Å². The van der Waals surface area contributed by atoms with E-state index in [1.165, 1.54) is 6.92 Å². The molecule has 0 saturated carbocycles. The lowest BCUT2D eigenvalue weighted by Gasteiger charge is -2.25. The molecule has 0 aliphatic heterocycles. The number of carbonyl (C=O) groups is 6. The summed E-state index contributed by atoms with van der Waals surface area (Å²) in [6.45, 7) is 1.21. The Balaban J connectivity index is 5.51. The Morgan fingerprint density at radius 3 is 1.69 bits per heavy atom. The maximum Gasteiger partial charge on any atom is 0.328 e. The minimum atomic E-state index is -1.56. The molecule has 224 valence electrons. The molecule has 5 atom stereocenters.